The summed E-state index contributed by atoms with van der Waals surface area (Å²) in [6, 6.07) is 10.3. The van der Waals surface area contributed by atoms with Crippen molar-refractivity contribution in [3.05, 3.63) is 35.2 Å². The number of halogens is 1. The number of hydrogen-bond acceptors (Lipinski definition) is 7. The van der Waals surface area contributed by atoms with Gasteiger partial charge in [-0.05, 0) is 31.4 Å². The lowest BCUT2D eigenvalue weighted by Crippen LogP contribution is -2.53. The first kappa shape index (κ1) is 16.7. The molecule has 0 bridgehead atoms. The minimum Gasteiger partial charge on any atom is -0.368 e. The Morgan fingerprint density at radius 1 is 1.27 bits per heavy atom. The maximum atomic E-state index is 5.88. The van der Waals surface area contributed by atoms with Gasteiger partial charge in [0.1, 0.15) is 6.61 Å². The normalized spacial score (nSPS) is 16.9. The zero-order valence-electron chi connectivity index (χ0n) is 12.3. The molecule has 6 nitrogen and oxygen atoms in total. The van der Waals surface area contributed by atoms with Crippen LogP contribution < -0.4 is 11.5 Å². The first-order valence-corrected chi connectivity index (χ1v) is 7.37. The molecule has 118 valence electrons. The van der Waals surface area contributed by atoms with E-state index in [2.05, 4.69) is 28.2 Å². The van der Waals surface area contributed by atoms with E-state index in [1.54, 1.807) is 11.3 Å². The summed E-state index contributed by atoms with van der Waals surface area (Å²) in [5, 5.41) is 2.70. The van der Waals surface area contributed by atoms with Crippen LogP contribution in [0.3, 0.4) is 0 Å². The molecule has 3 rings (SSSR count). The van der Waals surface area contributed by atoms with Crippen molar-refractivity contribution >= 4 is 50.3 Å². The minimum absolute atomic E-state index is 0. The SMILES string of the molecule is Br.CC1(C)N=C(N)N=C(N)N1OCc1cc2ccccc2s1. The summed E-state index contributed by atoms with van der Waals surface area (Å²) in [4.78, 5) is 15.1. The highest BCUT2D eigenvalue weighted by molar-refractivity contribution is 8.93. The van der Waals surface area contributed by atoms with Crippen LogP contribution in [0.4, 0.5) is 0 Å². The molecule has 4 N–H and O–H groups in total. The summed E-state index contributed by atoms with van der Waals surface area (Å²) in [6.45, 7) is 4.15. The van der Waals surface area contributed by atoms with Crippen molar-refractivity contribution in [1.82, 2.24) is 5.06 Å². The van der Waals surface area contributed by atoms with Gasteiger partial charge in [-0.15, -0.1) is 28.3 Å². The number of fused-ring (bicyclic) bond motifs is 1. The van der Waals surface area contributed by atoms with E-state index < -0.39 is 5.66 Å². The number of guanidine groups is 2. The molecular formula is C14H18BrN5OS. The molecule has 1 aromatic heterocycles. The molecule has 0 saturated carbocycles. The smallest absolute Gasteiger partial charge is 0.226 e. The lowest BCUT2D eigenvalue weighted by molar-refractivity contribution is -0.166. The zero-order valence-corrected chi connectivity index (χ0v) is 14.8. The van der Waals surface area contributed by atoms with E-state index in [4.69, 9.17) is 16.3 Å². The van der Waals surface area contributed by atoms with Crippen LogP contribution >= 0.6 is 28.3 Å². The molecule has 1 aliphatic heterocycles. The standard InChI is InChI=1S/C14H17N5OS.BrH/c1-14(2)18-12(15)17-13(16)19(14)20-8-10-7-9-5-3-4-6-11(9)21-10;/h3-7H,8H2,1-2H3,(H4,15,16,17,18);1H. The number of aliphatic imine (C=N–C) groups is 2. The maximum Gasteiger partial charge on any atom is 0.226 e. The Morgan fingerprint density at radius 2 is 2.00 bits per heavy atom. The topological polar surface area (TPSA) is 89.2 Å². The summed E-state index contributed by atoms with van der Waals surface area (Å²) in [7, 11) is 0. The van der Waals surface area contributed by atoms with Crippen molar-refractivity contribution in [3.8, 4) is 0 Å². The lowest BCUT2D eigenvalue weighted by atomic mass is 10.2. The first-order valence-electron chi connectivity index (χ1n) is 6.56. The number of hydrogen-bond donors (Lipinski definition) is 2. The summed E-state index contributed by atoms with van der Waals surface area (Å²) in [5.74, 6) is 0.382. The van der Waals surface area contributed by atoms with E-state index in [9.17, 15) is 0 Å². The third-order valence-corrected chi connectivity index (χ3v) is 4.22. The van der Waals surface area contributed by atoms with Crippen molar-refractivity contribution in [2.75, 3.05) is 0 Å². The lowest BCUT2D eigenvalue weighted by Gasteiger charge is -2.36. The van der Waals surface area contributed by atoms with Gasteiger partial charge in [0.15, 0.2) is 5.66 Å². The predicted octanol–water partition coefficient (Wildman–Crippen LogP) is 2.59. The molecule has 0 fully saturated rings. The fourth-order valence-electron chi connectivity index (χ4n) is 2.25. The molecule has 0 aliphatic carbocycles. The van der Waals surface area contributed by atoms with E-state index in [1.165, 1.54) is 15.1 Å². The number of rotatable bonds is 3. The number of nitrogens with zero attached hydrogens (tertiary/aromatic N) is 3. The first-order chi connectivity index (χ1) is 9.95. The molecule has 0 saturated heterocycles. The Hall–Kier alpha value is -1.64. The Bertz CT molecular complexity index is 707. The van der Waals surface area contributed by atoms with Crippen molar-refractivity contribution in [3.63, 3.8) is 0 Å². The molecule has 0 atom stereocenters. The molecule has 0 spiro atoms. The summed E-state index contributed by atoms with van der Waals surface area (Å²) >= 11 is 1.69. The van der Waals surface area contributed by atoms with E-state index in [0.717, 1.165) is 4.88 Å². The largest absolute Gasteiger partial charge is 0.368 e. The molecular weight excluding hydrogens is 366 g/mol. The highest BCUT2D eigenvalue weighted by Gasteiger charge is 2.33. The number of benzene rings is 1. The summed E-state index contributed by atoms with van der Waals surface area (Å²) in [5.41, 5.74) is 10.8. The number of nitrogens with two attached hydrogens (primary N) is 2. The van der Waals surface area contributed by atoms with Gasteiger partial charge in [0, 0.05) is 9.58 Å². The van der Waals surface area contributed by atoms with Gasteiger partial charge in [-0.1, -0.05) is 18.2 Å². The highest BCUT2D eigenvalue weighted by Crippen LogP contribution is 2.27. The predicted molar refractivity (Wildman–Crippen MR) is 96.1 cm³/mol. The van der Waals surface area contributed by atoms with Gasteiger partial charge in [0.05, 0.1) is 0 Å². The van der Waals surface area contributed by atoms with Gasteiger partial charge in [-0.3, -0.25) is 4.84 Å². The van der Waals surface area contributed by atoms with Gasteiger partial charge in [0.25, 0.3) is 0 Å². The molecule has 0 radical (unpaired) electrons. The van der Waals surface area contributed by atoms with Crippen LogP contribution in [0, 0.1) is 0 Å². The van der Waals surface area contributed by atoms with Crippen LogP contribution in [-0.4, -0.2) is 22.6 Å². The van der Waals surface area contributed by atoms with Crippen molar-refractivity contribution in [2.24, 2.45) is 21.5 Å². The fourth-order valence-corrected chi connectivity index (χ4v) is 3.23. The molecule has 1 aromatic carbocycles. The van der Waals surface area contributed by atoms with Crippen molar-refractivity contribution < 1.29 is 4.84 Å². The van der Waals surface area contributed by atoms with Crippen molar-refractivity contribution in [2.45, 2.75) is 26.1 Å². The van der Waals surface area contributed by atoms with Crippen LogP contribution in [-0.2, 0) is 11.4 Å². The van der Waals surface area contributed by atoms with Crippen LogP contribution in [0.2, 0.25) is 0 Å². The van der Waals surface area contributed by atoms with E-state index in [0.29, 0.717) is 6.61 Å². The monoisotopic (exact) mass is 383 g/mol. The Labute approximate surface area is 143 Å². The minimum atomic E-state index is -0.674. The van der Waals surface area contributed by atoms with E-state index in [1.807, 2.05) is 26.0 Å². The molecule has 8 heteroatoms. The maximum absolute atomic E-state index is 5.88. The third kappa shape index (κ3) is 3.23. The Balaban J connectivity index is 0.00000176. The Morgan fingerprint density at radius 3 is 2.68 bits per heavy atom. The third-order valence-electron chi connectivity index (χ3n) is 3.13. The summed E-state index contributed by atoms with van der Waals surface area (Å²) < 4.78 is 1.23. The quantitative estimate of drug-likeness (QED) is 0.851. The molecule has 2 aromatic rings. The average molecular weight is 384 g/mol. The van der Waals surface area contributed by atoms with Crippen LogP contribution in [0.15, 0.2) is 40.3 Å². The van der Waals surface area contributed by atoms with Crippen LogP contribution in [0.1, 0.15) is 18.7 Å². The highest BCUT2D eigenvalue weighted by atomic mass is 79.9. The van der Waals surface area contributed by atoms with Gasteiger partial charge in [-0.2, -0.15) is 10.1 Å². The van der Waals surface area contributed by atoms with Crippen LogP contribution in [0.25, 0.3) is 10.1 Å². The molecule has 0 amide bonds. The number of hydroxylamine groups is 2. The Kier molecular flexibility index (Phi) is 4.74. The fraction of sp³-hybridized carbons (Fsp3) is 0.286. The molecule has 1 aliphatic rings. The van der Waals surface area contributed by atoms with Crippen molar-refractivity contribution in [1.29, 1.82) is 0 Å². The number of thiophene rings is 1. The van der Waals surface area contributed by atoms with E-state index >= 15 is 0 Å². The molecule has 2 heterocycles. The molecule has 22 heavy (non-hydrogen) atoms. The summed E-state index contributed by atoms with van der Waals surface area (Å²) in [6.07, 6.45) is 0. The van der Waals surface area contributed by atoms with Gasteiger partial charge in [0.2, 0.25) is 11.9 Å². The molecule has 0 unspecified atom stereocenters. The van der Waals surface area contributed by atoms with Gasteiger partial charge in [-0.25, -0.2) is 4.99 Å². The second-order valence-electron chi connectivity index (χ2n) is 5.25. The van der Waals surface area contributed by atoms with E-state index in [-0.39, 0.29) is 28.9 Å². The zero-order chi connectivity index (χ0) is 15.0. The second-order valence-corrected chi connectivity index (χ2v) is 6.42. The average Bonchev–Trinajstić information content (AvgIpc) is 2.78. The second kappa shape index (κ2) is 6.23. The van der Waals surface area contributed by atoms with Gasteiger partial charge >= 0.3 is 0 Å². The van der Waals surface area contributed by atoms with Crippen LogP contribution in [0.5, 0.6) is 0 Å². The van der Waals surface area contributed by atoms with Gasteiger partial charge < -0.3 is 11.5 Å².